The molecule has 7 heteroatoms. The van der Waals surface area contributed by atoms with Crippen LogP contribution in [0.3, 0.4) is 0 Å². The minimum atomic E-state index is -0.500. The minimum absolute atomic E-state index is 0.216. The Morgan fingerprint density at radius 2 is 2.00 bits per heavy atom. The second kappa shape index (κ2) is 7.37. The molecule has 25 heavy (non-hydrogen) atoms. The number of carbonyl (C=O) groups is 1. The van der Waals surface area contributed by atoms with Crippen molar-refractivity contribution in [1.82, 2.24) is 14.9 Å². The lowest BCUT2D eigenvalue weighted by Crippen LogP contribution is -2.31. The topological polar surface area (TPSA) is 46.9 Å². The van der Waals surface area contributed by atoms with Gasteiger partial charge in [0.2, 0.25) is 0 Å². The summed E-state index contributed by atoms with van der Waals surface area (Å²) in [5.41, 5.74) is 1.03. The highest BCUT2D eigenvalue weighted by Gasteiger charge is 2.22. The van der Waals surface area contributed by atoms with E-state index in [4.69, 9.17) is 11.6 Å². The van der Waals surface area contributed by atoms with Gasteiger partial charge in [-0.25, -0.2) is 9.37 Å². The van der Waals surface area contributed by atoms with Crippen LogP contribution in [0.2, 0.25) is 5.02 Å². The van der Waals surface area contributed by atoms with Crippen molar-refractivity contribution in [3.63, 3.8) is 0 Å². The van der Waals surface area contributed by atoms with Gasteiger partial charge in [0.25, 0.3) is 5.91 Å². The van der Waals surface area contributed by atoms with Gasteiger partial charge in [0, 0.05) is 28.9 Å². The molecule has 0 aliphatic heterocycles. The molecule has 1 amide bonds. The second-order valence-corrected chi connectivity index (χ2v) is 6.77. The van der Waals surface area contributed by atoms with Crippen molar-refractivity contribution >= 4 is 33.4 Å². The fraction of sp³-hybridized carbons (Fsp3) is 0.111. The number of hydrogen-bond donors (Lipinski definition) is 1. The van der Waals surface area contributed by atoms with E-state index in [2.05, 4.69) is 26.2 Å². The number of aromatic nitrogens is 2. The first-order valence-electron chi connectivity index (χ1n) is 7.44. The van der Waals surface area contributed by atoms with Crippen molar-refractivity contribution in [3.05, 3.63) is 87.1 Å². The Hall–Kier alpha value is -2.18. The predicted octanol–water partition coefficient (Wildman–Crippen LogP) is 4.49. The number of amides is 1. The molecule has 0 bridgehead atoms. The number of rotatable bonds is 4. The first kappa shape index (κ1) is 17.6. The van der Waals surface area contributed by atoms with Crippen molar-refractivity contribution in [2.45, 2.75) is 6.04 Å². The molecule has 1 N–H and O–H groups in total. The zero-order valence-electron chi connectivity index (χ0n) is 13.2. The molecule has 0 saturated heterocycles. The SMILES string of the molecule is Cn1ccnc1C(NC(=O)c1cc(F)ccc1Br)c1ccc(Cl)cc1. The third kappa shape index (κ3) is 3.91. The zero-order valence-corrected chi connectivity index (χ0v) is 15.6. The van der Waals surface area contributed by atoms with Crippen molar-refractivity contribution < 1.29 is 9.18 Å². The lowest BCUT2D eigenvalue weighted by molar-refractivity contribution is 0.0940. The molecule has 0 radical (unpaired) electrons. The van der Waals surface area contributed by atoms with Gasteiger partial charge in [-0.1, -0.05) is 23.7 Å². The maximum Gasteiger partial charge on any atom is 0.253 e. The first-order chi connectivity index (χ1) is 12.0. The van der Waals surface area contributed by atoms with Crippen molar-refractivity contribution in [1.29, 1.82) is 0 Å². The Bertz CT molecular complexity index is 911. The molecule has 1 heterocycles. The Morgan fingerprint density at radius 3 is 2.64 bits per heavy atom. The molecule has 128 valence electrons. The van der Waals surface area contributed by atoms with Gasteiger partial charge in [0.15, 0.2) is 0 Å². The molecule has 4 nitrogen and oxygen atoms in total. The third-order valence-electron chi connectivity index (χ3n) is 3.77. The molecule has 3 aromatic rings. The number of benzene rings is 2. The molecule has 0 spiro atoms. The summed E-state index contributed by atoms with van der Waals surface area (Å²) in [6.07, 6.45) is 3.45. The number of halogens is 3. The van der Waals surface area contributed by atoms with E-state index in [1.54, 1.807) is 24.5 Å². The quantitative estimate of drug-likeness (QED) is 0.673. The minimum Gasteiger partial charge on any atom is -0.338 e. The maximum absolute atomic E-state index is 13.5. The van der Waals surface area contributed by atoms with E-state index in [-0.39, 0.29) is 5.56 Å². The highest BCUT2D eigenvalue weighted by atomic mass is 79.9. The molecule has 0 fully saturated rings. The summed E-state index contributed by atoms with van der Waals surface area (Å²) >= 11 is 9.24. The lowest BCUT2D eigenvalue weighted by atomic mass is 10.1. The summed E-state index contributed by atoms with van der Waals surface area (Å²) in [6.45, 7) is 0. The van der Waals surface area contributed by atoms with Crippen LogP contribution < -0.4 is 5.32 Å². The molecular weight excluding hydrogens is 409 g/mol. The van der Waals surface area contributed by atoms with Crippen LogP contribution in [-0.2, 0) is 7.05 Å². The highest BCUT2D eigenvalue weighted by molar-refractivity contribution is 9.10. The second-order valence-electron chi connectivity index (χ2n) is 5.48. The average molecular weight is 423 g/mol. The summed E-state index contributed by atoms with van der Waals surface area (Å²) in [5, 5.41) is 3.52. The van der Waals surface area contributed by atoms with E-state index in [1.807, 2.05) is 23.7 Å². The molecule has 0 saturated carbocycles. The van der Waals surface area contributed by atoms with Crippen LogP contribution in [0.25, 0.3) is 0 Å². The van der Waals surface area contributed by atoms with E-state index in [9.17, 15) is 9.18 Å². The van der Waals surface area contributed by atoms with Gasteiger partial charge < -0.3 is 9.88 Å². The molecule has 0 aliphatic carbocycles. The van der Waals surface area contributed by atoms with Crippen LogP contribution in [-0.4, -0.2) is 15.5 Å². The Kier molecular flexibility index (Phi) is 5.20. The monoisotopic (exact) mass is 421 g/mol. The van der Waals surface area contributed by atoms with Gasteiger partial charge in [0.1, 0.15) is 17.7 Å². The fourth-order valence-electron chi connectivity index (χ4n) is 2.49. The zero-order chi connectivity index (χ0) is 18.0. The van der Waals surface area contributed by atoms with E-state index in [1.165, 1.54) is 18.2 Å². The van der Waals surface area contributed by atoms with Crippen molar-refractivity contribution in [2.75, 3.05) is 0 Å². The summed E-state index contributed by atoms with van der Waals surface area (Å²) < 4.78 is 15.9. The van der Waals surface area contributed by atoms with Crippen LogP contribution in [0.1, 0.15) is 27.8 Å². The first-order valence-corrected chi connectivity index (χ1v) is 8.61. The Morgan fingerprint density at radius 1 is 1.28 bits per heavy atom. The standard InChI is InChI=1S/C18H14BrClFN3O/c1-24-9-8-22-17(24)16(11-2-4-12(20)5-3-11)23-18(25)14-10-13(21)6-7-15(14)19/h2-10,16H,1H3,(H,23,25). The number of nitrogens with zero attached hydrogens (tertiary/aromatic N) is 2. The molecule has 1 aromatic heterocycles. The lowest BCUT2D eigenvalue weighted by Gasteiger charge is -2.19. The van der Waals surface area contributed by atoms with Crippen LogP contribution in [0.5, 0.6) is 0 Å². The van der Waals surface area contributed by atoms with Gasteiger partial charge in [0.05, 0.1) is 5.56 Å². The predicted molar refractivity (Wildman–Crippen MR) is 98.1 cm³/mol. The third-order valence-corrected chi connectivity index (χ3v) is 4.71. The summed E-state index contributed by atoms with van der Waals surface area (Å²) in [6, 6.07) is 10.6. The smallest absolute Gasteiger partial charge is 0.253 e. The van der Waals surface area contributed by atoms with Gasteiger partial charge in [-0.05, 0) is 51.8 Å². The molecule has 2 aromatic carbocycles. The van der Waals surface area contributed by atoms with Gasteiger partial charge >= 0.3 is 0 Å². The van der Waals surface area contributed by atoms with Crippen LogP contribution in [0.4, 0.5) is 4.39 Å². The summed E-state index contributed by atoms with van der Waals surface area (Å²) in [7, 11) is 1.84. The number of nitrogens with one attached hydrogen (secondary N) is 1. The number of carbonyl (C=O) groups excluding carboxylic acids is 1. The Balaban J connectivity index is 1.98. The van der Waals surface area contributed by atoms with E-state index >= 15 is 0 Å². The molecule has 3 rings (SSSR count). The number of hydrogen-bond acceptors (Lipinski definition) is 2. The van der Waals surface area contributed by atoms with Gasteiger partial charge in [-0.15, -0.1) is 0 Å². The van der Waals surface area contributed by atoms with Gasteiger partial charge in [-0.2, -0.15) is 0 Å². The molecule has 0 aliphatic rings. The Labute approximate surface area is 157 Å². The van der Waals surface area contributed by atoms with Crippen LogP contribution in [0.15, 0.2) is 59.3 Å². The highest BCUT2D eigenvalue weighted by Crippen LogP contribution is 2.24. The normalized spacial score (nSPS) is 12.0. The van der Waals surface area contributed by atoms with Crippen molar-refractivity contribution in [3.8, 4) is 0 Å². The fourth-order valence-corrected chi connectivity index (χ4v) is 3.04. The van der Waals surface area contributed by atoms with E-state index in [0.717, 1.165) is 5.56 Å². The van der Waals surface area contributed by atoms with Crippen molar-refractivity contribution in [2.24, 2.45) is 7.05 Å². The number of aryl methyl sites for hydroxylation is 1. The molecule has 1 atom stereocenters. The van der Waals surface area contributed by atoms with Crippen LogP contribution in [0, 0.1) is 5.82 Å². The maximum atomic E-state index is 13.5. The van der Waals surface area contributed by atoms with E-state index < -0.39 is 17.8 Å². The van der Waals surface area contributed by atoms with Crippen LogP contribution >= 0.6 is 27.5 Å². The molecular formula is C18H14BrClFN3O. The summed E-state index contributed by atoms with van der Waals surface area (Å²) in [5.74, 6) is -0.231. The van der Waals surface area contributed by atoms with Gasteiger partial charge in [-0.3, -0.25) is 4.79 Å². The van der Waals surface area contributed by atoms with E-state index in [0.29, 0.717) is 15.3 Å². The average Bonchev–Trinajstić information content (AvgIpc) is 3.01. The largest absolute Gasteiger partial charge is 0.338 e. The summed E-state index contributed by atoms with van der Waals surface area (Å²) in [4.78, 5) is 17.0. The number of imidazole rings is 1. The molecule has 1 unspecified atom stereocenters.